The Labute approximate surface area is 113 Å². The highest BCUT2D eigenvalue weighted by molar-refractivity contribution is 7.15. The molecule has 7 heteroatoms. The average molecular weight is 282 g/mol. The number of hydrogen-bond donors (Lipinski definition) is 2. The van der Waals surface area contributed by atoms with Crippen molar-refractivity contribution in [2.75, 3.05) is 5.73 Å². The lowest BCUT2D eigenvalue weighted by atomic mass is 10.3. The van der Waals surface area contributed by atoms with Crippen LogP contribution in [0.15, 0.2) is 5.38 Å². The van der Waals surface area contributed by atoms with Crippen molar-refractivity contribution in [2.45, 2.75) is 26.8 Å². The van der Waals surface area contributed by atoms with Gasteiger partial charge in [-0.2, -0.15) is 0 Å². The first-order valence-corrected chi connectivity index (χ1v) is 7.13. The molecule has 0 unspecified atom stereocenters. The van der Waals surface area contributed by atoms with E-state index >= 15 is 0 Å². The smallest absolute Gasteiger partial charge is 0.225 e. The summed E-state index contributed by atoms with van der Waals surface area (Å²) in [6.45, 7) is 4.27. The predicted molar refractivity (Wildman–Crippen MR) is 73.7 cm³/mol. The maximum absolute atomic E-state index is 11.8. The predicted octanol–water partition coefficient (Wildman–Crippen LogP) is 1.66. The molecule has 2 rings (SSSR count). The molecule has 2 aromatic rings. The SMILES string of the molecule is Cc1csc(CNC(=O)Cc2sc(N)nc2C)n1. The summed E-state index contributed by atoms with van der Waals surface area (Å²) in [6, 6.07) is 0. The molecule has 5 nitrogen and oxygen atoms in total. The molecule has 0 aliphatic carbocycles. The van der Waals surface area contributed by atoms with E-state index in [2.05, 4.69) is 15.3 Å². The van der Waals surface area contributed by atoms with Crippen LogP contribution >= 0.6 is 22.7 Å². The van der Waals surface area contributed by atoms with Crippen molar-refractivity contribution >= 4 is 33.7 Å². The second kappa shape index (κ2) is 5.45. The minimum Gasteiger partial charge on any atom is -0.375 e. The van der Waals surface area contributed by atoms with Crippen LogP contribution in [0.3, 0.4) is 0 Å². The van der Waals surface area contributed by atoms with E-state index in [9.17, 15) is 4.79 Å². The van der Waals surface area contributed by atoms with Gasteiger partial charge in [0, 0.05) is 16.0 Å². The van der Waals surface area contributed by atoms with E-state index in [1.165, 1.54) is 11.3 Å². The molecule has 0 bridgehead atoms. The van der Waals surface area contributed by atoms with Gasteiger partial charge < -0.3 is 11.1 Å². The van der Waals surface area contributed by atoms with Gasteiger partial charge in [-0.25, -0.2) is 9.97 Å². The van der Waals surface area contributed by atoms with Crippen LogP contribution in [0, 0.1) is 13.8 Å². The van der Waals surface area contributed by atoms with Crippen LogP contribution in [-0.4, -0.2) is 15.9 Å². The summed E-state index contributed by atoms with van der Waals surface area (Å²) in [4.78, 5) is 21.1. The van der Waals surface area contributed by atoms with E-state index in [0.29, 0.717) is 18.1 Å². The lowest BCUT2D eigenvalue weighted by molar-refractivity contribution is -0.120. The summed E-state index contributed by atoms with van der Waals surface area (Å²) in [5, 5.41) is 6.24. The molecular weight excluding hydrogens is 268 g/mol. The molecule has 2 heterocycles. The molecular formula is C11H14N4OS2. The minimum absolute atomic E-state index is 0.0328. The molecule has 0 aromatic carbocycles. The maximum atomic E-state index is 11.8. The molecule has 0 aliphatic rings. The Morgan fingerprint density at radius 3 is 2.78 bits per heavy atom. The lowest BCUT2D eigenvalue weighted by Gasteiger charge is -2.01. The Hall–Kier alpha value is -1.47. The maximum Gasteiger partial charge on any atom is 0.225 e. The monoisotopic (exact) mass is 282 g/mol. The summed E-state index contributed by atoms with van der Waals surface area (Å²) >= 11 is 2.91. The number of nitrogen functional groups attached to an aromatic ring is 1. The second-order valence-electron chi connectivity index (χ2n) is 3.90. The standard InChI is InChI=1S/C11H14N4OS2/c1-6-5-17-10(14-6)4-13-9(16)3-8-7(2)15-11(12)18-8/h5H,3-4H2,1-2H3,(H2,12,15)(H,13,16). The lowest BCUT2D eigenvalue weighted by Crippen LogP contribution is -2.24. The number of thiazole rings is 2. The number of hydrogen-bond acceptors (Lipinski definition) is 6. The van der Waals surface area contributed by atoms with Crippen LogP contribution in [0.5, 0.6) is 0 Å². The van der Waals surface area contributed by atoms with Crippen molar-refractivity contribution in [3.05, 3.63) is 26.7 Å². The first-order chi connectivity index (χ1) is 8.54. The Morgan fingerprint density at radius 1 is 1.44 bits per heavy atom. The van der Waals surface area contributed by atoms with E-state index in [1.807, 2.05) is 19.2 Å². The number of carbonyl (C=O) groups excluding carboxylic acids is 1. The second-order valence-corrected chi connectivity index (χ2v) is 5.95. The molecule has 0 atom stereocenters. The molecule has 2 aromatic heterocycles. The number of nitrogens with one attached hydrogen (secondary N) is 1. The van der Waals surface area contributed by atoms with E-state index in [1.54, 1.807) is 11.3 Å². The van der Waals surface area contributed by atoms with Crippen LogP contribution in [0.25, 0.3) is 0 Å². The van der Waals surface area contributed by atoms with Crippen molar-refractivity contribution in [3.63, 3.8) is 0 Å². The minimum atomic E-state index is -0.0328. The van der Waals surface area contributed by atoms with Crippen LogP contribution < -0.4 is 11.1 Å². The first-order valence-electron chi connectivity index (χ1n) is 5.44. The number of rotatable bonds is 4. The van der Waals surface area contributed by atoms with E-state index in [4.69, 9.17) is 5.73 Å². The zero-order chi connectivity index (χ0) is 13.1. The Kier molecular flexibility index (Phi) is 3.93. The first kappa shape index (κ1) is 13.0. The molecule has 0 fully saturated rings. The summed E-state index contributed by atoms with van der Waals surface area (Å²) in [7, 11) is 0. The van der Waals surface area contributed by atoms with Gasteiger partial charge in [0.15, 0.2) is 5.13 Å². The van der Waals surface area contributed by atoms with Gasteiger partial charge in [0.05, 0.1) is 18.7 Å². The third-order valence-electron chi connectivity index (χ3n) is 2.33. The summed E-state index contributed by atoms with van der Waals surface area (Å²) < 4.78 is 0. The fraction of sp³-hybridized carbons (Fsp3) is 0.364. The normalized spacial score (nSPS) is 10.6. The number of aryl methyl sites for hydroxylation is 2. The summed E-state index contributed by atoms with van der Waals surface area (Å²) in [5.41, 5.74) is 7.40. The van der Waals surface area contributed by atoms with E-state index < -0.39 is 0 Å². The van der Waals surface area contributed by atoms with Crippen molar-refractivity contribution in [1.29, 1.82) is 0 Å². The van der Waals surface area contributed by atoms with Crippen molar-refractivity contribution in [3.8, 4) is 0 Å². The molecule has 0 saturated heterocycles. The van der Waals surface area contributed by atoms with Gasteiger partial charge in [-0.05, 0) is 13.8 Å². The highest BCUT2D eigenvalue weighted by Gasteiger charge is 2.10. The number of aromatic nitrogens is 2. The molecule has 3 N–H and O–H groups in total. The number of anilines is 1. The molecule has 1 amide bonds. The molecule has 18 heavy (non-hydrogen) atoms. The molecule has 96 valence electrons. The van der Waals surface area contributed by atoms with Gasteiger partial charge in [0.25, 0.3) is 0 Å². The topological polar surface area (TPSA) is 80.9 Å². The zero-order valence-corrected chi connectivity index (χ0v) is 11.8. The third-order valence-corrected chi connectivity index (χ3v) is 4.29. The van der Waals surface area contributed by atoms with E-state index in [0.717, 1.165) is 21.3 Å². The van der Waals surface area contributed by atoms with E-state index in [-0.39, 0.29) is 5.91 Å². The van der Waals surface area contributed by atoms with Gasteiger partial charge in [-0.15, -0.1) is 22.7 Å². The largest absolute Gasteiger partial charge is 0.375 e. The Balaban J connectivity index is 1.87. The zero-order valence-electron chi connectivity index (χ0n) is 10.2. The van der Waals surface area contributed by atoms with Gasteiger partial charge >= 0.3 is 0 Å². The Bertz CT molecular complexity index is 561. The van der Waals surface area contributed by atoms with Crippen LogP contribution in [0.4, 0.5) is 5.13 Å². The summed E-state index contributed by atoms with van der Waals surface area (Å²) in [6.07, 6.45) is 0.324. The number of nitrogens with zero attached hydrogens (tertiary/aromatic N) is 2. The van der Waals surface area contributed by atoms with Crippen LogP contribution in [0.1, 0.15) is 21.3 Å². The van der Waals surface area contributed by atoms with Gasteiger partial charge in [-0.3, -0.25) is 4.79 Å². The Morgan fingerprint density at radius 2 is 2.22 bits per heavy atom. The van der Waals surface area contributed by atoms with Crippen LogP contribution in [-0.2, 0) is 17.8 Å². The van der Waals surface area contributed by atoms with Crippen molar-refractivity contribution in [1.82, 2.24) is 15.3 Å². The van der Waals surface area contributed by atoms with Crippen molar-refractivity contribution < 1.29 is 4.79 Å². The highest BCUT2D eigenvalue weighted by Crippen LogP contribution is 2.20. The van der Waals surface area contributed by atoms with Crippen LogP contribution in [0.2, 0.25) is 0 Å². The molecule has 0 aliphatic heterocycles. The molecule has 0 spiro atoms. The number of nitrogens with two attached hydrogens (primary N) is 1. The highest BCUT2D eigenvalue weighted by atomic mass is 32.1. The van der Waals surface area contributed by atoms with Gasteiger partial charge in [0.1, 0.15) is 5.01 Å². The third kappa shape index (κ3) is 3.27. The number of amides is 1. The molecule has 0 radical (unpaired) electrons. The fourth-order valence-corrected chi connectivity index (χ4v) is 3.02. The van der Waals surface area contributed by atoms with Crippen molar-refractivity contribution in [2.24, 2.45) is 0 Å². The summed E-state index contributed by atoms with van der Waals surface area (Å²) in [5.74, 6) is -0.0328. The quantitative estimate of drug-likeness (QED) is 0.893. The van der Waals surface area contributed by atoms with Gasteiger partial charge in [0.2, 0.25) is 5.91 Å². The average Bonchev–Trinajstić information content (AvgIpc) is 2.83. The fourth-order valence-electron chi connectivity index (χ4n) is 1.48. The van der Waals surface area contributed by atoms with Gasteiger partial charge in [-0.1, -0.05) is 0 Å². The number of carbonyl (C=O) groups is 1. The molecule has 0 saturated carbocycles.